The Hall–Kier alpha value is -1.71. The molecule has 2 saturated carbocycles. The lowest BCUT2D eigenvalue weighted by molar-refractivity contribution is -0.238. The molecule has 4 heterocycles. The zero-order valence-corrected chi connectivity index (χ0v) is 16.6. The van der Waals surface area contributed by atoms with Crippen LogP contribution in [0.2, 0.25) is 0 Å². The number of aliphatic hydroxyl groups is 2. The SMILES string of the molecule is C[C@@H]1C(=O)O[C@H]2C[C@@]34[C@H]5C[C@H](C(C)(C)C)[C@@]36[C@@H](OC(=O)[C@@H]6O)O[C@@]4(C(=O)O5)[C@]21O. The van der Waals surface area contributed by atoms with Crippen molar-refractivity contribution in [3.63, 3.8) is 0 Å². The van der Waals surface area contributed by atoms with Crippen LogP contribution in [-0.4, -0.2) is 63.9 Å². The number of ether oxygens (including phenoxy) is 4. The fraction of sp³-hybridized carbons (Fsp3) is 0.850. The van der Waals surface area contributed by atoms with Crippen LogP contribution in [0.25, 0.3) is 0 Å². The molecule has 4 aliphatic heterocycles. The third kappa shape index (κ3) is 1.35. The lowest BCUT2D eigenvalue weighted by Crippen LogP contribution is -2.66. The largest absolute Gasteiger partial charge is 0.459 e. The number of esters is 3. The van der Waals surface area contributed by atoms with E-state index in [4.69, 9.17) is 18.9 Å². The molecule has 2 spiro atoms. The molecule has 0 radical (unpaired) electrons. The molecular formula is C20H24O9. The smallest absolute Gasteiger partial charge is 0.342 e. The van der Waals surface area contributed by atoms with Gasteiger partial charge in [0.2, 0.25) is 11.9 Å². The van der Waals surface area contributed by atoms with Crippen molar-refractivity contribution >= 4 is 17.9 Å². The summed E-state index contributed by atoms with van der Waals surface area (Å²) in [5.41, 5.74) is -6.81. The maximum absolute atomic E-state index is 13.3. The van der Waals surface area contributed by atoms with Gasteiger partial charge in [0, 0.05) is 6.42 Å². The molecule has 2 N–H and O–H groups in total. The highest BCUT2D eigenvalue weighted by molar-refractivity contribution is 5.93. The van der Waals surface area contributed by atoms with E-state index in [2.05, 4.69) is 0 Å². The summed E-state index contributed by atoms with van der Waals surface area (Å²) in [5, 5.41) is 23.0. The van der Waals surface area contributed by atoms with Crippen molar-refractivity contribution in [2.75, 3.05) is 0 Å². The second kappa shape index (κ2) is 4.48. The molecule has 9 nitrogen and oxygen atoms in total. The third-order valence-electron chi connectivity index (χ3n) is 8.97. The molecule has 6 aliphatic rings. The number of carbonyl (C=O) groups excluding carboxylic acids is 3. The molecular weight excluding hydrogens is 384 g/mol. The van der Waals surface area contributed by atoms with E-state index in [0.29, 0.717) is 6.42 Å². The van der Waals surface area contributed by atoms with Crippen molar-refractivity contribution in [2.24, 2.45) is 28.1 Å². The molecule has 10 atom stereocenters. The quantitative estimate of drug-likeness (QED) is 0.408. The van der Waals surface area contributed by atoms with Gasteiger partial charge in [-0.1, -0.05) is 20.8 Å². The Bertz CT molecular complexity index is 893. The summed E-state index contributed by atoms with van der Waals surface area (Å²) < 4.78 is 22.9. The highest BCUT2D eigenvalue weighted by Crippen LogP contribution is 2.84. The molecule has 2 aliphatic carbocycles. The van der Waals surface area contributed by atoms with Crippen LogP contribution in [0.3, 0.4) is 0 Å². The van der Waals surface area contributed by atoms with Crippen LogP contribution < -0.4 is 0 Å². The molecule has 0 unspecified atom stereocenters. The topological polar surface area (TPSA) is 129 Å². The van der Waals surface area contributed by atoms with Crippen LogP contribution in [-0.2, 0) is 33.3 Å². The minimum atomic E-state index is -1.97. The number of hydrogen-bond acceptors (Lipinski definition) is 9. The zero-order valence-electron chi connectivity index (χ0n) is 16.6. The summed E-state index contributed by atoms with van der Waals surface area (Å²) in [6.45, 7) is 7.47. The van der Waals surface area contributed by atoms with Crippen molar-refractivity contribution in [1.29, 1.82) is 0 Å². The highest BCUT2D eigenvalue weighted by atomic mass is 16.8. The molecule has 6 rings (SSSR count). The second-order valence-corrected chi connectivity index (χ2v) is 10.6. The lowest BCUT2D eigenvalue weighted by Gasteiger charge is -2.46. The fourth-order valence-electron chi connectivity index (χ4n) is 8.06. The van der Waals surface area contributed by atoms with Gasteiger partial charge in [-0.15, -0.1) is 0 Å². The zero-order chi connectivity index (χ0) is 20.9. The Kier molecular flexibility index (Phi) is 2.79. The first-order valence-electron chi connectivity index (χ1n) is 10.1. The molecule has 0 aromatic carbocycles. The van der Waals surface area contributed by atoms with Gasteiger partial charge in [0.25, 0.3) is 0 Å². The van der Waals surface area contributed by atoms with E-state index in [1.54, 1.807) is 0 Å². The minimum absolute atomic E-state index is 0.0623. The Morgan fingerprint density at radius 1 is 1.03 bits per heavy atom. The first kappa shape index (κ1) is 18.1. The van der Waals surface area contributed by atoms with Crippen LogP contribution in [0, 0.1) is 28.1 Å². The van der Waals surface area contributed by atoms with Gasteiger partial charge in [0.15, 0.2) is 11.7 Å². The van der Waals surface area contributed by atoms with Crippen LogP contribution in [0.4, 0.5) is 0 Å². The lowest BCUT2D eigenvalue weighted by atomic mass is 9.51. The van der Waals surface area contributed by atoms with E-state index in [1.807, 2.05) is 20.8 Å². The van der Waals surface area contributed by atoms with Crippen LogP contribution in [0.15, 0.2) is 0 Å². The number of rotatable bonds is 0. The Morgan fingerprint density at radius 3 is 2.38 bits per heavy atom. The molecule has 29 heavy (non-hydrogen) atoms. The van der Waals surface area contributed by atoms with Crippen LogP contribution in [0.1, 0.15) is 40.5 Å². The van der Waals surface area contributed by atoms with E-state index >= 15 is 0 Å². The van der Waals surface area contributed by atoms with Crippen molar-refractivity contribution < 1.29 is 43.5 Å². The summed E-state index contributed by atoms with van der Waals surface area (Å²) in [6.07, 6.45) is -3.96. The van der Waals surface area contributed by atoms with Crippen molar-refractivity contribution in [3.05, 3.63) is 0 Å². The van der Waals surface area contributed by atoms with Crippen molar-refractivity contribution in [3.8, 4) is 0 Å². The number of aliphatic hydroxyl groups excluding tert-OH is 1. The monoisotopic (exact) mass is 408 g/mol. The van der Waals surface area contributed by atoms with Gasteiger partial charge in [-0.25, -0.2) is 9.59 Å². The molecule has 158 valence electrons. The standard InChI is InChI=1S/C20H24O9/c1-7-12(22)26-10-6-17-9-5-8(16(2,3)4)18(17)11(21)13(23)28-15(18)29-20(17,14(24)27-9)19(7,10)25/h7-11,15,21,25H,5-6H2,1-4H3/t7-,8-,9-,10+,11+,15+,17-,18-,19-,20-/m1/s1. The summed E-state index contributed by atoms with van der Waals surface area (Å²) in [6, 6.07) is 0. The Morgan fingerprint density at radius 2 is 1.72 bits per heavy atom. The highest BCUT2D eigenvalue weighted by Gasteiger charge is 3.01. The Labute approximate surface area is 166 Å². The summed E-state index contributed by atoms with van der Waals surface area (Å²) in [4.78, 5) is 38.1. The predicted molar refractivity (Wildman–Crippen MR) is 90.6 cm³/mol. The number of hydrogen-bond donors (Lipinski definition) is 2. The average Bonchev–Trinajstić information content (AvgIpc) is 3.31. The van der Waals surface area contributed by atoms with Gasteiger partial charge in [0.05, 0.1) is 16.7 Å². The van der Waals surface area contributed by atoms with E-state index in [-0.39, 0.29) is 17.8 Å². The van der Waals surface area contributed by atoms with Gasteiger partial charge >= 0.3 is 17.9 Å². The summed E-state index contributed by atoms with van der Waals surface area (Å²) >= 11 is 0. The van der Waals surface area contributed by atoms with Gasteiger partial charge in [-0.2, -0.15) is 0 Å². The summed E-state index contributed by atoms with van der Waals surface area (Å²) in [7, 11) is 0. The third-order valence-corrected chi connectivity index (χ3v) is 8.97. The number of fused-ring (bicyclic) bond motifs is 1. The molecule has 4 saturated heterocycles. The maximum atomic E-state index is 13.3. The van der Waals surface area contributed by atoms with Crippen molar-refractivity contribution in [2.45, 2.75) is 76.3 Å². The molecule has 0 aromatic heterocycles. The van der Waals surface area contributed by atoms with Crippen LogP contribution in [0.5, 0.6) is 0 Å². The Balaban J connectivity index is 1.68. The van der Waals surface area contributed by atoms with E-state index < -0.39 is 70.5 Å². The van der Waals surface area contributed by atoms with E-state index in [0.717, 1.165) is 0 Å². The van der Waals surface area contributed by atoms with Crippen molar-refractivity contribution in [1.82, 2.24) is 0 Å². The first-order valence-corrected chi connectivity index (χ1v) is 10.1. The maximum Gasteiger partial charge on any atom is 0.342 e. The minimum Gasteiger partial charge on any atom is -0.459 e. The first-order chi connectivity index (χ1) is 13.4. The number of carbonyl (C=O) groups is 3. The van der Waals surface area contributed by atoms with Crippen LogP contribution >= 0.6 is 0 Å². The molecule has 0 aromatic rings. The van der Waals surface area contributed by atoms with E-state index in [1.165, 1.54) is 6.92 Å². The van der Waals surface area contributed by atoms with E-state index in [9.17, 15) is 24.6 Å². The van der Waals surface area contributed by atoms with Gasteiger partial charge in [-0.05, 0) is 24.7 Å². The molecule has 0 amide bonds. The van der Waals surface area contributed by atoms with Gasteiger partial charge < -0.3 is 29.2 Å². The van der Waals surface area contributed by atoms with Gasteiger partial charge in [-0.3, -0.25) is 4.79 Å². The van der Waals surface area contributed by atoms with Gasteiger partial charge in [0.1, 0.15) is 12.2 Å². The molecule has 6 fully saturated rings. The normalized spacial score (nSPS) is 59.2. The predicted octanol–water partition coefficient (Wildman–Crippen LogP) is -0.340. The molecule has 0 bridgehead atoms. The molecule has 9 heteroatoms. The average molecular weight is 408 g/mol. The second-order valence-electron chi connectivity index (χ2n) is 10.6. The summed E-state index contributed by atoms with van der Waals surface area (Å²) in [5.74, 6) is -3.52. The fourth-order valence-corrected chi connectivity index (χ4v) is 8.06.